The molecule has 5 rings (SSSR count). The Balaban J connectivity index is 1.41. The van der Waals surface area contributed by atoms with Crippen LogP contribution in [0, 0.1) is 5.92 Å². The van der Waals surface area contributed by atoms with E-state index in [4.69, 9.17) is 9.72 Å². The molecule has 0 N–H and O–H groups in total. The van der Waals surface area contributed by atoms with Crippen molar-refractivity contribution >= 4 is 28.4 Å². The molecule has 0 unspecified atom stereocenters. The summed E-state index contributed by atoms with van der Waals surface area (Å²) in [6.45, 7) is 2.26. The smallest absolute Gasteiger partial charge is 0.257 e. The molecule has 148 valence electrons. The number of hydrogen-bond acceptors (Lipinski definition) is 5. The fourth-order valence-electron chi connectivity index (χ4n) is 4.48. The summed E-state index contributed by atoms with van der Waals surface area (Å²) in [5.74, 6) is 1.41. The van der Waals surface area contributed by atoms with Gasteiger partial charge in [0, 0.05) is 25.3 Å². The molecule has 0 saturated carbocycles. The van der Waals surface area contributed by atoms with Crippen LogP contribution in [0.4, 0.5) is 11.5 Å². The molecule has 6 heteroatoms. The molecule has 29 heavy (non-hydrogen) atoms. The van der Waals surface area contributed by atoms with Crippen molar-refractivity contribution in [3.05, 3.63) is 54.1 Å². The molecular weight excluding hydrogens is 364 g/mol. The highest BCUT2D eigenvalue weighted by atomic mass is 16.5. The maximum Gasteiger partial charge on any atom is 0.257 e. The second kappa shape index (κ2) is 7.35. The van der Waals surface area contributed by atoms with Gasteiger partial charge in [0.1, 0.15) is 0 Å². The van der Waals surface area contributed by atoms with Gasteiger partial charge in [-0.2, -0.15) is 0 Å². The van der Waals surface area contributed by atoms with E-state index in [0.29, 0.717) is 12.4 Å². The number of piperidine rings is 1. The van der Waals surface area contributed by atoms with Crippen LogP contribution in [-0.2, 0) is 11.2 Å². The van der Waals surface area contributed by atoms with E-state index < -0.39 is 0 Å². The first-order valence-electron chi connectivity index (χ1n) is 10.2. The zero-order chi connectivity index (χ0) is 19.8. The molecule has 1 aromatic heterocycles. The van der Waals surface area contributed by atoms with Gasteiger partial charge in [-0.25, -0.2) is 9.97 Å². The highest BCUT2D eigenvalue weighted by Crippen LogP contribution is 2.33. The minimum absolute atomic E-state index is 0.0483. The maximum absolute atomic E-state index is 13.3. The second-order valence-corrected chi connectivity index (χ2v) is 7.70. The molecular formula is C23H24N4O2. The third-order valence-corrected chi connectivity index (χ3v) is 5.94. The number of ether oxygens (including phenoxy) is 1. The monoisotopic (exact) mass is 388 g/mol. The molecule has 0 aliphatic carbocycles. The van der Waals surface area contributed by atoms with Gasteiger partial charge in [-0.1, -0.05) is 30.3 Å². The van der Waals surface area contributed by atoms with Crippen molar-refractivity contribution in [2.45, 2.75) is 19.3 Å². The first-order valence-corrected chi connectivity index (χ1v) is 10.2. The Bertz CT molecular complexity index is 1070. The van der Waals surface area contributed by atoms with Crippen LogP contribution in [0.1, 0.15) is 18.4 Å². The van der Waals surface area contributed by atoms with E-state index in [1.54, 1.807) is 7.11 Å². The zero-order valence-electron chi connectivity index (χ0n) is 16.5. The molecule has 3 heterocycles. The summed E-state index contributed by atoms with van der Waals surface area (Å²) < 4.78 is 5.54. The summed E-state index contributed by atoms with van der Waals surface area (Å²) in [5.41, 5.74) is 3.98. The van der Waals surface area contributed by atoms with Crippen LogP contribution >= 0.6 is 0 Å². The van der Waals surface area contributed by atoms with Gasteiger partial charge in [-0.15, -0.1) is 0 Å². The van der Waals surface area contributed by atoms with Crippen molar-refractivity contribution in [2.75, 3.05) is 36.5 Å². The highest BCUT2D eigenvalue weighted by molar-refractivity contribution is 5.97. The standard InChI is InChI=1S/C23H24N4O2/c1-29-22-21(24-18-9-3-4-10-19(18)25-22)26-13-6-8-17(15-26)23(28)27-14-12-16-7-2-5-11-20(16)27/h2-5,7,9-11,17H,6,8,12-15H2,1H3/t17-/m0/s1. The number of fused-ring (bicyclic) bond motifs is 2. The number of benzene rings is 2. The topological polar surface area (TPSA) is 58.6 Å². The normalized spacial score (nSPS) is 18.7. The Labute approximate surface area is 170 Å². The van der Waals surface area contributed by atoms with E-state index in [1.807, 2.05) is 41.3 Å². The Morgan fingerprint density at radius 3 is 2.62 bits per heavy atom. The number of carbonyl (C=O) groups excluding carboxylic acids is 1. The van der Waals surface area contributed by atoms with Crippen LogP contribution in [0.5, 0.6) is 5.88 Å². The summed E-state index contributed by atoms with van der Waals surface area (Å²) in [7, 11) is 1.62. The van der Waals surface area contributed by atoms with Crippen molar-refractivity contribution in [1.29, 1.82) is 0 Å². The second-order valence-electron chi connectivity index (χ2n) is 7.70. The van der Waals surface area contributed by atoms with Crippen molar-refractivity contribution in [1.82, 2.24) is 9.97 Å². The Kier molecular flexibility index (Phi) is 4.54. The van der Waals surface area contributed by atoms with Crippen LogP contribution in [0.3, 0.4) is 0 Å². The van der Waals surface area contributed by atoms with Crippen LogP contribution in [0.2, 0.25) is 0 Å². The lowest BCUT2D eigenvalue weighted by Crippen LogP contribution is -2.45. The Morgan fingerprint density at radius 1 is 1.03 bits per heavy atom. The van der Waals surface area contributed by atoms with Gasteiger partial charge < -0.3 is 14.5 Å². The lowest BCUT2D eigenvalue weighted by atomic mass is 9.96. The van der Waals surface area contributed by atoms with Crippen molar-refractivity contribution in [3.63, 3.8) is 0 Å². The van der Waals surface area contributed by atoms with E-state index in [1.165, 1.54) is 5.56 Å². The Morgan fingerprint density at radius 2 is 1.79 bits per heavy atom. The quantitative estimate of drug-likeness (QED) is 0.688. The van der Waals surface area contributed by atoms with E-state index in [0.717, 1.165) is 54.9 Å². The van der Waals surface area contributed by atoms with Crippen LogP contribution in [0.25, 0.3) is 11.0 Å². The molecule has 1 fully saturated rings. The summed E-state index contributed by atoms with van der Waals surface area (Å²) in [6.07, 6.45) is 2.78. The summed E-state index contributed by atoms with van der Waals surface area (Å²) >= 11 is 0. The third kappa shape index (κ3) is 3.18. The molecule has 3 aromatic rings. The third-order valence-electron chi connectivity index (χ3n) is 5.94. The van der Waals surface area contributed by atoms with E-state index in [2.05, 4.69) is 22.0 Å². The molecule has 2 aromatic carbocycles. The van der Waals surface area contributed by atoms with Crippen molar-refractivity contribution in [3.8, 4) is 5.88 Å². The summed E-state index contributed by atoms with van der Waals surface area (Å²) in [4.78, 5) is 26.9. The molecule has 1 saturated heterocycles. The molecule has 2 aliphatic rings. The largest absolute Gasteiger partial charge is 0.478 e. The number of rotatable bonds is 3. The van der Waals surface area contributed by atoms with E-state index in [-0.39, 0.29) is 11.8 Å². The lowest BCUT2D eigenvalue weighted by molar-refractivity contribution is -0.122. The number of aromatic nitrogens is 2. The van der Waals surface area contributed by atoms with Gasteiger partial charge in [0.05, 0.1) is 24.1 Å². The van der Waals surface area contributed by atoms with Crippen LogP contribution in [-0.4, -0.2) is 42.6 Å². The number of carbonyl (C=O) groups is 1. The lowest BCUT2D eigenvalue weighted by Gasteiger charge is -2.35. The predicted octanol–water partition coefficient (Wildman–Crippen LogP) is 3.44. The number of para-hydroxylation sites is 3. The van der Waals surface area contributed by atoms with E-state index >= 15 is 0 Å². The summed E-state index contributed by atoms with van der Waals surface area (Å²) in [5, 5.41) is 0. The number of amides is 1. The van der Waals surface area contributed by atoms with Gasteiger partial charge in [-0.05, 0) is 43.0 Å². The first kappa shape index (κ1) is 17.9. The zero-order valence-corrected chi connectivity index (χ0v) is 16.5. The Hall–Kier alpha value is -3.15. The highest BCUT2D eigenvalue weighted by Gasteiger charge is 2.34. The molecule has 6 nitrogen and oxygen atoms in total. The first-order chi connectivity index (χ1) is 14.2. The van der Waals surface area contributed by atoms with Crippen LogP contribution in [0.15, 0.2) is 48.5 Å². The maximum atomic E-state index is 13.3. The van der Waals surface area contributed by atoms with Gasteiger partial charge in [0.2, 0.25) is 5.91 Å². The molecule has 1 atom stereocenters. The van der Waals surface area contributed by atoms with Gasteiger partial charge in [0.25, 0.3) is 5.88 Å². The average molecular weight is 388 g/mol. The van der Waals surface area contributed by atoms with Crippen molar-refractivity contribution < 1.29 is 9.53 Å². The molecule has 0 spiro atoms. The van der Waals surface area contributed by atoms with Gasteiger partial charge >= 0.3 is 0 Å². The fourth-order valence-corrected chi connectivity index (χ4v) is 4.48. The average Bonchev–Trinajstić information content (AvgIpc) is 3.22. The predicted molar refractivity (Wildman–Crippen MR) is 114 cm³/mol. The SMILES string of the molecule is COc1nc2ccccc2nc1N1CCC[C@H](C(=O)N2CCc3ccccc32)C1. The van der Waals surface area contributed by atoms with Crippen LogP contribution < -0.4 is 14.5 Å². The van der Waals surface area contributed by atoms with Gasteiger partial charge in [-0.3, -0.25) is 4.79 Å². The number of nitrogens with zero attached hydrogens (tertiary/aromatic N) is 4. The molecule has 0 bridgehead atoms. The minimum atomic E-state index is -0.0483. The number of methoxy groups -OCH3 is 1. The number of anilines is 2. The van der Waals surface area contributed by atoms with Crippen molar-refractivity contribution in [2.24, 2.45) is 5.92 Å². The number of hydrogen-bond donors (Lipinski definition) is 0. The fraction of sp³-hybridized carbons (Fsp3) is 0.348. The molecule has 2 aliphatic heterocycles. The van der Waals surface area contributed by atoms with E-state index in [9.17, 15) is 4.79 Å². The summed E-state index contributed by atoms with van der Waals surface area (Å²) in [6, 6.07) is 16.0. The molecule has 0 radical (unpaired) electrons. The minimum Gasteiger partial charge on any atom is -0.478 e. The molecule has 1 amide bonds. The van der Waals surface area contributed by atoms with Gasteiger partial charge in [0.15, 0.2) is 5.82 Å².